The average Bonchev–Trinajstić information content (AvgIpc) is 2.18. The van der Waals surface area contributed by atoms with Crippen LogP contribution in [0.1, 0.15) is 18.0 Å². The minimum absolute atomic E-state index is 0.131. The maximum Gasteiger partial charge on any atom is 0.312 e. The zero-order valence-corrected chi connectivity index (χ0v) is 8.37. The molecule has 1 heterocycles. The van der Waals surface area contributed by atoms with Crippen LogP contribution in [0.5, 0.6) is 0 Å². The van der Waals surface area contributed by atoms with Crippen LogP contribution in [0.2, 0.25) is 0 Å². The molecule has 0 fully saturated rings. The number of primary amides is 1. The Kier molecular flexibility index (Phi) is 4.19. The van der Waals surface area contributed by atoms with Crippen LogP contribution in [0, 0.1) is 0 Å². The third-order valence-electron chi connectivity index (χ3n) is 1.82. The lowest BCUT2D eigenvalue weighted by atomic mass is 10.1. The number of urea groups is 1. The number of hydrogen-bond donors (Lipinski definition) is 2. The molecule has 2 amide bonds. The van der Waals surface area contributed by atoms with E-state index in [1.807, 2.05) is 12.1 Å². The highest BCUT2D eigenvalue weighted by Gasteiger charge is 2.11. The number of amides is 2. The number of alkyl halides is 1. The molecule has 0 radical (unpaired) electrons. The monoisotopic (exact) mass is 213 g/mol. The first kappa shape index (κ1) is 10.8. The van der Waals surface area contributed by atoms with Gasteiger partial charge in [-0.05, 0) is 24.1 Å². The lowest BCUT2D eigenvalue weighted by Gasteiger charge is -2.16. The third kappa shape index (κ3) is 3.22. The molecule has 3 N–H and O–H groups in total. The van der Waals surface area contributed by atoms with Crippen molar-refractivity contribution in [1.82, 2.24) is 10.3 Å². The maximum atomic E-state index is 10.7. The molecular formula is C9H12ClN3O. The normalized spacial score (nSPS) is 12.1. The van der Waals surface area contributed by atoms with E-state index in [1.165, 1.54) is 0 Å². The van der Waals surface area contributed by atoms with Gasteiger partial charge in [0.1, 0.15) is 0 Å². The summed E-state index contributed by atoms with van der Waals surface area (Å²) in [6.07, 6.45) is 3.98. The van der Waals surface area contributed by atoms with Crippen LogP contribution in [0.3, 0.4) is 0 Å². The number of carbonyl (C=O) groups excluding carboxylic acids is 1. The predicted octanol–water partition coefficient (Wildman–Crippen LogP) is 1.42. The summed E-state index contributed by atoms with van der Waals surface area (Å²) in [6.45, 7) is 0. The maximum absolute atomic E-state index is 10.7. The second-order valence-corrected chi connectivity index (χ2v) is 3.20. The SMILES string of the molecule is NC(=O)NC(CCCl)c1ccncc1. The van der Waals surface area contributed by atoms with Crippen molar-refractivity contribution in [2.24, 2.45) is 5.73 Å². The molecule has 0 aromatic carbocycles. The predicted molar refractivity (Wildman–Crippen MR) is 55.0 cm³/mol. The number of nitrogens with one attached hydrogen (secondary N) is 1. The molecule has 1 atom stereocenters. The van der Waals surface area contributed by atoms with E-state index in [2.05, 4.69) is 10.3 Å². The second kappa shape index (κ2) is 5.44. The molecular weight excluding hydrogens is 202 g/mol. The zero-order valence-electron chi connectivity index (χ0n) is 7.61. The quantitative estimate of drug-likeness (QED) is 0.743. The summed E-state index contributed by atoms with van der Waals surface area (Å²) in [5, 5.41) is 2.62. The van der Waals surface area contributed by atoms with Gasteiger partial charge in [-0.3, -0.25) is 4.98 Å². The van der Waals surface area contributed by atoms with E-state index in [0.717, 1.165) is 5.56 Å². The number of halogens is 1. The topological polar surface area (TPSA) is 68.0 Å². The van der Waals surface area contributed by atoms with E-state index in [4.69, 9.17) is 17.3 Å². The van der Waals surface area contributed by atoms with Gasteiger partial charge in [0.05, 0.1) is 6.04 Å². The Labute approximate surface area is 87.5 Å². The minimum atomic E-state index is -0.545. The molecule has 0 aliphatic carbocycles. The number of aromatic nitrogens is 1. The molecule has 0 saturated heterocycles. The van der Waals surface area contributed by atoms with Crippen molar-refractivity contribution in [3.05, 3.63) is 30.1 Å². The Morgan fingerprint density at radius 1 is 1.57 bits per heavy atom. The zero-order chi connectivity index (χ0) is 10.4. The molecule has 0 saturated carbocycles. The summed E-state index contributed by atoms with van der Waals surface area (Å²) in [5.74, 6) is 0.466. The van der Waals surface area contributed by atoms with Gasteiger partial charge in [0, 0.05) is 18.3 Å². The highest BCUT2D eigenvalue weighted by Crippen LogP contribution is 2.15. The van der Waals surface area contributed by atoms with E-state index in [1.54, 1.807) is 12.4 Å². The van der Waals surface area contributed by atoms with Gasteiger partial charge in [-0.2, -0.15) is 0 Å². The molecule has 14 heavy (non-hydrogen) atoms. The molecule has 0 spiro atoms. The van der Waals surface area contributed by atoms with Crippen LogP contribution < -0.4 is 11.1 Å². The lowest BCUT2D eigenvalue weighted by Crippen LogP contribution is -2.33. The van der Waals surface area contributed by atoms with Crippen LogP contribution in [0.4, 0.5) is 4.79 Å². The molecule has 0 bridgehead atoms. The average molecular weight is 214 g/mol. The van der Waals surface area contributed by atoms with Crippen molar-refractivity contribution in [2.45, 2.75) is 12.5 Å². The van der Waals surface area contributed by atoms with Gasteiger partial charge in [0.25, 0.3) is 0 Å². The van der Waals surface area contributed by atoms with Gasteiger partial charge in [-0.25, -0.2) is 4.79 Å². The molecule has 0 aliphatic heterocycles. The van der Waals surface area contributed by atoms with Gasteiger partial charge in [0.15, 0.2) is 0 Å². The first-order chi connectivity index (χ1) is 6.74. The van der Waals surface area contributed by atoms with E-state index in [0.29, 0.717) is 12.3 Å². The Morgan fingerprint density at radius 2 is 2.21 bits per heavy atom. The van der Waals surface area contributed by atoms with Gasteiger partial charge >= 0.3 is 6.03 Å². The van der Waals surface area contributed by atoms with Crippen LogP contribution in [0.25, 0.3) is 0 Å². The Hall–Kier alpha value is -1.29. The van der Waals surface area contributed by atoms with E-state index >= 15 is 0 Å². The number of nitrogens with zero attached hydrogens (tertiary/aromatic N) is 1. The molecule has 0 aliphatic rings. The van der Waals surface area contributed by atoms with Crippen molar-refractivity contribution >= 4 is 17.6 Å². The fourth-order valence-corrected chi connectivity index (χ4v) is 1.42. The summed E-state index contributed by atoms with van der Waals surface area (Å²) in [4.78, 5) is 14.6. The van der Waals surface area contributed by atoms with Gasteiger partial charge < -0.3 is 11.1 Å². The molecule has 5 heteroatoms. The van der Waals surface area contributed by atoms with Gasteiger partial charge in [0.2, 0.25) is 0 Å². The number of nitrogens with two attached hydrogens (primary N) is 1. The largest absolute Gasteiger partial charge is 0.352 e. The van der Waals surface area contributed by atoms with E-state index in [-0.39, 0.29) is 6.04 Å². The summed E-state index contributed by atoms with van der Waals surface area (Å²) in [6, 6.07) is 2.98. The van der Waals surface area contributed by atoms with Crippen molar-refractivity contribution in [1.29, 1.82) is 0 Å². The Morgan fingerprint density at radius 3 is 2.71 bits per heavy atom. The van der Waals surface area contributed by atoms with Gasteiger partial charge in [-0.15, -0.1) is 11.6 Å². The number of carbonyl (C=O) groups is 1. The molecule has 1 unspecified atom stereocenters. The van der Waals surface area contributed by atoms with E-state index in [9.17, 15) is 4.79 Å². The second-order valence-electron chi connectivity index (χ2n) is 2.82. The molecule has 76 valence electrons. The molecule has 1 aromatic rings. The first-order valence-corrected chi connectivity index (χ1v) is 4.79. The summed E-state index contributed by atoms with van der Waals surface area (Å²) < 4.78 is 0. The minimum Gasteiger partial charge on any atom is -0.352 e. The third-order valence-corrected chi connectivity index (χ3v) is 2.04. The fraction of sp³-hybridized carbons (Fsp3) is 0.333. The van der Waals surface area contributed by atoms with Crippen molar-refractivity contribution in [3.8, 4) is 0 Å². The Balaban J connectivity index is 2.72. The van der Waals surface area contributed by atoms with Crippen LogP contribution in [-0.2, 0) is 0 Å². The summed E-state index contributed by atoms with van der Waals surface area (Å²) in [7, 11) is 0. The molecule has 1 aromatic heterocycles. The number of pyridine rings is 1. The smallest absolute Gasteiger partial charge is 0.312 e. The number of hydrogen-bond acceptors (Lipinski definition) is 2. The summed E-state index contributed by atoms with van der Waals surface area (Å²) in [5.41, 5.74) is 6.01. The van der Waals surface area contributed by atoms with Crippen molar-refractivity contribution in [2.75, 3.05) is 5.88 Å². The van der Waals surface area contributed by atoms with Crippen LogP contribution in [-0.4, -0.2) is 16.9 Å². The lowest BCUT2D eigenvalue weighted by molar-refractivity contribution is 0.245. The van der Waals surface area contributed by atoms with Crippen LogP contribution in [0.15, 0.2) is 24.5 Å². The summed E-state index contributed by atoms with van der Waals surface area (Å²) >= 11 is 5.62. The van der Waals surface area contributed by atoms with Crippen molar-refractivity contribution < 1.29 is 4.79 Å². The highest BCUT2D eigenvalue weighted by molar-refractivity contribution is 6.17. The standard InChI is InChI=1S/C9H12ClN3O/c10-4-1-8(13-9(11)14)7-2-5-12-6-3-7/h2-3,5-6,8H,1,4H2,(H3,11,13,14). The number of rotatable bonds is 4. The Bertz CT molecular complexity index is 291. The van der Waals surface area contributed by atoms with Gasteiger partial charge in [-0.1, -0.05) is 0 Å². The van der Waals surface area contributed by atoms with E-state index < -0.39 is 6.03 Å². The first-order valence-electron chi connectivity index (χ1n) is 4.26. The van der Waals surface area contributed by atoms with Crippen molar-refractivity contribution in [3.63, 3.8) is 0 Å². The fourth-order valence-electron chi connectivity index (χ4n) is 1.20. The molecule has 1 rings (SSSR count). The highest BCUT2D eigenvalue weighted by atomic mass is 35.5. The van der Waals surface area contributed by atoms with Crippen LogP contribution >= 0.6 is 11.6 Å². The molecule has 4 nitrogen and oxygen atoms in total.